The summed E-state index contributed by atoms with van der Waals surface area (Å²) in [4.78, 5) is 27.4. The average Bonchev–Trinajstić information content (AvgIpc) is 2.88. The number of amides is 1. The molecule has 1 fully saturated rings. The number of ether oxygens (including phenoxy) is 2. The van der Waals surface area contributed by atoms with E-state index < -0.39 is 0 Å². The number of hydrogen-bond acceptors (Lipinski definition) is 6. The molecule has 1 N–H and O–H groups in total. The van der Waals surface area contributed by atoms with Crippen molar-refractivity contribution in [1.29, 1.82) is 0 Å². The van der Waals surface area contributed by atoms with Gasteiger partial charge in [-0.3, -0.25) is 9.59 Å². The molecule has 34 heavy (non-hydrogen) atoms. The van der Waals surface area contributed by atoms with Crippen molar-refractivity contribution in [2.24, 2.45) is 5.92 Å². The Hall–Kier alpha value is -3.81. The molecule has 1 aliphatic rings. The highest BCUT2D eigenvalue weighted by Gasteiger charge is 2.26. The van der Waals surface area contributed by atoms with Crippen molar-refractivity contribution < 1.29 is 14.3 Å². The van der Waals surface area contributed by atoms with Crippen molar-refractivity contribution in [3.05, 3.63) is 82.8 Å². The molecule has 0 spiro atoms. The number of hydrogen-bond donors (Lipinski definition) is 1. The van der Waals surface area contributed by atoms with Crippen LogP contribution >= 0.6 is 0 Å². The molecule has 8 nitrogen and oxygen atoms in total. The standard InChI is InChI=1S/C26H30N4O4/c1-33-23-11-5-6-12-24(23)34-15-13-27-26(32)21-10-7-14-29(19-21)22-16-25(31)30(28-17-22)18-20-8-3-2-4-9-20/h2-6,8-9,11-12,16-17,21H,7,10,13-15,18-19H2,1H3,(H,27,32)/t21-/m0/s1. The minimum atomic E-state index is -0.151. The number of nitrogens with zero attached hydrogens (tertiary/aromatic N) is 3. The van der Waals surface area contributed by atoms with Gasteiger partial charge in [-0.05, 0) is 30.5 Å². The second-order valence-electron chi connectivity index (χ2n) is 8.27. The number of piperidine rings is 1. The summed E-state index contributed by atoms with van der Waals surface area (Å²) in [5.41, 5.74) is 1.63. The van der Waals surface area contributed by atoms with Crippen LogP contribution in [0.5, 0.6) is 11.5 Å². The van der Waals surface area contributed by atoms with E-state index in [1.165, 1.54) is 4.68 Å². The van der Waals surface area contributed by atoms with Crippen LogP contribution in [0, 0.1) is 5.92 Å². The number of anilines is 1. The molecule has 4 rings (SSSR count). The highest BCUT2D eigenvalue weighted by Crippen LogP contribution is 2.25. The van der Waals surface area contributed by atoms with Crippen LogP contribution in [-0.2, 0) is 11.3 Å². The maximum absolute atomic E-state index is 12.7. The molecule has 178 valence electrons. The fourth-order valence-electron chi connectivity index (χ4n) is 4.12. The van der Waals surface area contributed by atoms with E-state index in [1.54, 1.807) is 19.4 Å². The van der Waals surface area contributed by atoms with Gasteiger partial charge in [-0.25, -0.2) is 4.68 Å². The van der Waals surface area contributed by atoms with Crippen molar-refractivity contribution in [1.82, 2.24) is 15.1 Å². The van der Waals surface area contributed by atoms with Gasteiger partial charge in [0.2, 0.25) is 5.91 Å². The Morgan fingerprint density at radius 3 is 2.65 bits per heavy atom. The third kappa shape index (κ3) is 5.95. The number of carbonyl (C=O) groups excluding carboxylic acids is 1. The van der Waals surface area contributed by atoms with E-state index in [9.17, 15) is 9.59 Å². The molecule has 1 atom stereocenters. The topological polar surface area (TPSA) is 85.7 Å². The van der Waals surface area contributed by atoms with Gasteiger partial charge in [0, 0.05) is 19.2 Å². The molecule has 1 saturated heterocycles. The zero-order chi connectivity index (χ0) is 23.8. The summed E-state index contributed by atoms with van der Waals surface area (Å²) in [5.74, 6) is 1.17. The number of carbonyl (C=O) groups is 1. The third-order valence-corrected chi connectivity index (χ3v) is 5.92. The Morgan fingerprint density at radius 2 is 1.88 bits per heavy atom. The molecule has 1 amide bonds. The lowest BCUT2D eigenvalue weighted by Gasteiger charge is -2.33. The van der Waals surface area contributed by atoms with Gasteiger partial charge in [-0.1, -0.05) is 42.5 Å². The van der Waals surface area contributed by atoms with Gasteiger partial charge >= 0.3 is 0 Å². The van der Waals surface area contributed by atoms with Crippen LogP contribution in [-0.4, -0.2) is 49.0 Å². The predicted octanol–water partition coefficient (Wildman–Crippen LogP) is 2.71. The monoisotopic (exact) mass is 462 g/mol. The molecule has 8 heteroatoms. The summed E-state index contributed by atoms with van der Waals surface area (Å²) in [6, 6.07) is 18.8. The van der Waals surface area contributed by atoms with Crippen molar-refractivity contribution in [3.63, 3.8) is 0 Å². The highest BCUT2D eigenvalue weighted by molar-refractivity contribution is 5.79. The molecule has 0 radical (unpaired) electrons. The average molecular weight is 463 g/mol. The lowest BCUT2D eigenvalue weighted by molar-refractivity contribution is -0.125. The van der Waals surface area contributed by atoms with Gasteiger partial charge in [-0.15, -0.1) is 0 Å². The van der Waals surface area contributed by atoms with Gasteiger partial charge in [0.05, 0.1) is 38.0 Å². The molecule has 3 aromatic rings. The normalized spacial score (nSPS) is 15.6. The van der Waals surface area contributed by atoms with E-state index in [0.29, 0.717) is 37.7 Å². The number of methoxy groups -OCH3 is 1. The van der Waals surface area contributed by atoms with Crippen molar-refractivity contribution in [2.75, 3.05) is 38.3 Å². The second kappa shape index (κ2) is 11.4. The lowest BCUT2D eigenvalue weighted by Crippen LogP contribution is -2.44. The summed E-state index contributed by atoms with van der Waals surface area (Å²) in [5, 5.41) is 7.32. The van der Waals surface area contributed by atoms with E-state index in [2.05, 4.69) is 15.3 Å². The molecule has 2 heterocycles. The lowest BCUT2D eigenvalue weighted by atomic mass is 9.97. The van der Waals surface area contributed by atoms with Crippen LogP contribution in [0.15, 0.2) is 71.7 Å². The number of nitrogens with one attached hydrogen (secondary N) is 1. The summed E-state index contributed by atoms with van der Waals surface area (Å²) >= 11 is 0. The van der Waals surface area contributed by atoms with Crippen molar-refractivity contribution in [2.45, 2.75) is 19.4 Å². The number of rotatable bonds is 9. The molecular formula is C26H30N4O4. The summed E-state index contributed by atoms with van der Waals surface area (Å²) in [6.45, 7) is 2.55. The Morgan fingerprint density at radius 1 is 1.12 bits per heavy atom. The van der Waals surface area contributed by atoms with E-state index >= 15 is 0 Å². The minimum Gasteiger partial charge on any atom is -0.493 e. The van der Waals surface area contributed by atoms with Gasteiger partial charge in [-0.2, -0.15) is 5.10 Å². The van der Waals surface area contributed by atoms with Crippen LogP contribution in [0.3, 0.4) is 0 Å². The van der Waals surface area contributed by atoms with Crippen LogP contribution in [0.1, 0.15) is 18.4 Å². The van der Waals surface area contributed by atoms with E-state index in [0.717, 1.165) is 30.6 Å². The maximum Gasteiger partial charge on any atom is 0.269 e. The van der Waals surface area contributed by atoms with Gasteiger partial charge < -0.3 is 19.7 Å². The zero-order valence-electron chi connectivity index (χ0n) is 19.4. The fourth-order valence-corrected chi connectivity index (χ4v) is 4.12. The van der Waals surface area contributed by atoms with Gasteiger partial charge in [0.25, 0.3) is 5.56 Å². The molecule has 2 aromatic carbocycles. The molecule has 1 aliphatic heterocycles. The molecule has 0 aliphatic carbocycles. The fraction of sp³-hybridized carbons (Fsp3) is 0.346. The van der Waals surface area contributed by atoms with Crippen molar-refractivity contribution >= 4 is 11.6 Å². The quantitative estimate of drug-likeness (QED) is 0.492. The molecule has 0 unspecified atom stereocenters. The Kier molecular flexibility index (Phi) is 7.80. The smallest absolute Gasteiger partial charge is 0.269 e. The maximum atomic E-state index is 12.7. The van der Waals surface area contributed by atoms with E-state index in [4.69, 9.17) is 9.47 Å². The molecular weight excluding hydrogens is 432 g/mol. The number of aromatic nitrogens is 2. The number of benzene rings is 2. The van der Waals surface area contributed by atoms with Crippen molar-refractivity contribution in [3.8, 4) is 11.5 Å². The third-order valence-electron chi connectivity index (χ3n) is 5.92. The summed E-state index contributed by atoms with van der Waals surface area (Å²) in [7, 11) is 1.60. The Labute approximate surface area is 199 Å². The summed E-state index contributed by atoms with van der Waals surface area (Å²) in [6.07, 6.45) is 3.41. The molecule has 0 saturated carbocycles. The zero-order valence-corrected chi connectivity index (χ0v) is 19.4. The summed E-state index contributed by atoms with van der Waals surface area (Å²) < 4.78 is 12.5. The molecule has 0 bridgehead atoms. The first-order valence-corrected chi connectivity index (χ1v) is 11.5. The largest absolute Gasteiger partial charge is 0.493 e. The predicted molar refractivity (Wildman–Crippen MR) is 130 cm³/mol. The first kappa shape index (κ1) is 23.4. The van der Waals surface area contributed by atoms with Crippen LogP contribution in [0.25, 0.3) is 0 Å². The first-order chi connectivity index (χ1) is 16.6. The highest BCUT2D eigenvalue weighted by atomic mass is 16.5. The van der Waals surface area contributed by atoms with Crippen LogP contribution in [0.2, 0.25) is 0 Å². The minimum absolute atomic E-state index is 0.00120. The Bertz CT molecular complexity index is 1150. The number of para-hydroxylation sites is 2. The Balaban J connectivity index is 1.29. The molecule has 1 aromatic heterocycles. The van der Waals surface area contributed by atoms with Crippen LogP contribution < -0.4 is 25.2 Å². The van der Waals surface area contributed by atoms with E-state index in [1.807, 2.05) is 54.6 Å². The van der Waals surface area contributed by atoms with Gasteiger partial charge in [0.15, 0.2) is 11.5 Å². The van der Waals surface area contributed by atoms with Crippen LogP contribution in [0.4, 0.5) is 5.69 Å². The SMILES string of the molecule is COc1ccccc1OCCNC(=O)[C@H]1CCCN(c2cnn(Cc3ccccc3)c(=O)c2)C1. The van der Waals surface area contributed by atoms with Gasteiger partial charge in [0.1, 0.15) is 6.61 Å². The second-order valence-corrected chi connectivity index (χ2v) is 8.27. The van der Waals surface area contributed by atoms with E-state index in [-0.39, 0.29) is 17.4 Å². The first-order valence-electron chi connectivity index (χ1n) is 11.5.